The Hall–Kier alpha value is -1.45. The van der Waals surface area contributed by atoms with Gasteiger partial charge >= 0.3 is 5.97 Å². The summed E-state index contributed by atoms with van der Waals surface area (Å²) in [7, 11) is -3.82. The molecule has 1 aromatic rings. The number of sulfonamides is 1. The lowest BCUT2D eigenvalue weighted by molar-refractivity contribution is -0.142. The van der Waals surface area contributed by atoms with Crippen LogP contribution in [0.25, 0.3) is 0 Å². The first-order valence-electron chi connectivity index (χ1n) is 6.90. The maximum atomic E-state index is 12.6. The van der Waals surface area contributed by atoms with Gasteiger partial charge in [0.2, 0.25) is 5.91 Å². The van der Waals surface area contributed by atoms with E-state index in [9.17, 15) is 23.1 Å². The molecule has 0 aliphatic carbocycles. The number of carbonyl (C=O) groups is 2. The second kappa shape index (κ2) is 6.76. The number of thiophene rings is 1. The Morgan fingerprint density at radius 3 is 2.77 bits per heavy atom. The zero-order chi connectivity index (χ0) is 16.3. The SMILES string of the molecule is CC(=O)NCc1ccc(S(=O)(=O)N2CCCCC2C(=O)O)s1. The summed E-state index contributed by atoms with van der Waals surface area (Å²) in [4.78, 5) is 22.9. The number of aliphatic carboxylic acids is 1. The Morgan fingerprint density at radius 2 is 2.14 bits per heavy atom. The molecule has 0 bridgehead atoms. The highest BCUT2D eigenvalue weighted by molar-refractivity contribution is 7.91. The fraction of sp³-hybridized carbons (Fsp3) is 0.538. The van der Waals surface area contributed by atoms with Crippen LogP contribution in [0.2, 0.25) is 0 Å². The number of rotatable bonds is 5. The van der Waals surface area contributed by atoms with Crippen molar-refractivity contribution in [3.63, 3.8) is 0 Å². The van der Waals surface area contributed by atoms with E-state index in [0.29, 0.717) is 24.1 Å². The minimum Gasteiger partial charge on any atom is -0.480 e. The van der Waals surface area contributed by atoms with Gasteiger partial charge in [-0.3, -0.25) is 9.59 Å². The molecular weight excluding hydrogens is 328 g/mol. The Balaban J connectivity index is 2.22. The smallest absolute Gasteiger partial charge is 0.322 e. The van der Waals surface area contributed by atoms with Crippen LogP contribution >= 0.6 is 11.3 Å². The molecule has 1 aromatic heterocycles. The van der Waals surface area contributed by atoms with Crippen LogP contribution in [0.4, 0.5) is 0 Å². The van der Waals surface area contributed by atoms with Gasteiger partial charge in [0.15, 0.2) is 0 Å². The summed E-state index contributed by atoms with van der Waals surface area (Å²) in [6, 6.07) is 2.09. The molecule has 1 amide bonds. The molecular formula is C13H18N2O5S2. The first kappa shape index (κ1) is 16.9. The predicted octanol–water partition coefficient (Wildman–Crippen LogP) is 1.01. The molecule has 0 aromatic carbocycles. The molecule has 1 aliphatic rings. The highest BCUT2D eigenvalue weighted by Gasteiger charge is 2.38. The van der Waals surface area contributed by atoms with E-state index in [-0.39, 0.29) is 23.2 Å². The van der Waals surface area contributed by atoms with E-state index in [0.717, 1.165) is 15.6 Å². The normalized spacial score (nSPS) is 19.8. The van der Waals surface area contributed by atoms with Gasteiger partial charge in [-0.2, -0.15) is 4.31 Å². The summed E-state index contributed by atoms with van der Waals surface area (Å²) in [5.74, 6) is -1.31. The van der Waals surface area contributed by atoms with Crippen molar-refractivity contribution in [1.29, 1.82) is 0 Å². The van der Waals surface area contributed by atoms with Crippen LogP contribution in [0.3, 0.4) is 0 Å². The van der Waals surface area contributed by atoms with Crippen molar-refractivity contribution in [1.82, 2.24) is 9.62 Å². The third-order valence-corrected chi connectivity index (χ3v) is 6.91. The number of hydrogen-bond donors (Lipinski definition) is 2. The standard InChI is InChI=1S/C13H18N2O5S2/c1-9(16)14-8-10-5-6-12(21-10)22(19,20)15-7-3-2-4-11(15)13(17)18/h5-6,11H,2-4,7-8H2,1H3,(H,14,16)(H,17,18). The molecule has 0 radical (unpaired) electrons. The molecule has 22 heavy (non-hydrogen) atoms. The van der Waals surface area contributed by atoms with Gasteiger partial charge in [0.05, 0.1) is 6.54 Å². The highest BCUT2D eigenvalue weighted by atomic mass is 32.2. The van der Waals surface area contributed by atoms with Crippen LogP contribution in [-0.4, -0.2) is 42.3 Å². The monoisotopic (exact) mass is 346 g/mol. The molecule has 1 fully saturated rings. The molecule has 0 spiro atoms. The number of carboxylic acid groups (broad SMARTS) is 1. The van der Waals surface area contributed by atoms with E-state index in [1.165, 1.54) is 13.0 Å². The summed E-state index contributed by atoms with van der Waals surface area (Å²) in [5.41, 5.74) is 0. The first-order chi connectivity index (χ1) is 10.3. The van der Waals surface area contributed by atoms with Crippen LogP contribution in [0.15, 0.2) is 16.3 Å². The molecule has 1 saturated heterocycles. The Morgan fingerprint density at radius 1 is 1.41 bits per heavy atom. The number of nitrogens with one attached hydrogen (secondary N) is 1. The number of piperidine rings is 1. The topological polar surface area (TPSA) is 104 Å². The van der Waals surface area contributed by atoms with Crippen molar-refractivity contribution >= 4 is 33.2 Å². The number of amides is 1. The third-order valence-electron chi connectivity index (χ3n) is 3.45. The van der Waals surface area contributed by atoms with Gasteiger partial charge in [0, 0.05) is 18.3 Å². The molecule has 1 aliphatic heterocycles. The molecule has 7 nitrogen and oxygen atoms in total. The molecule has 9 heteroatoms. The lowest BCUT2D eigenvalue weighted by atomic mass is 10.1. The average molecular weight is 346 g/mol. The lowest BCUT2D eigenvalue weighted by Gasteiger charge is -2.31. The molecule has 2 heterocycles. The van der Waals surface area contributed by atoms with Crippen LogP contribution in [-0.2, 0) is 26.2 Å². The summed E-state index contributed by atoms with van der Waals surface area (Å²) in [6.07, 6.45) is 1.70. The number of carbonyl (C=O) groups excluding carboxylic acids is 1. The summed E-state index contributed by atoms with van der Waals surface area (Å²) < 4.78 is 26.5. The zero-order valence-corrected chi connectivity index (χ0v) is 13.7. The van der Waals surface area contributed by atoms with Crippen molar-refractivity contribution in [2.24, 2.45) is 0 Å². The van der Waals surface area contributed by atoms with E-state index in [1.807, 2.05) is 0 Å². The van der Waals surface area contributed by atoms with E-state index in [2.05, 4.69) is 5.32 Å². The number of carboxylic acids is 1. The maximum absolute atomic E-state index is 12.6. The molecule has 1 unspecified atom stereocenters. The number of hydrogen-bond acceptors (Lipinski definition) is 5. The van der Waals surface area contributed by atoms with E-state index < -0.39 is 22.0 Å². The van der Waals surface area contributed by atoms with Gasteiger partial charge in [-0.15, -0.1) is 11.3 Å². The lowest BCUT2D eigenvalue weighted by Crippen LogP contribution is -2.47. The molecule has 122 valence electrons. The van der Waals surface area contributed by atoms with Gasteiger partial charge < -0.3 is 10.4 Å². The van der Waals surface area contributed by atoms with Gasteiger partial charge in [0.1, 0.15) is 10.3 Å². The molecule has 2 N–H and O–H groups in total. The van der Waals surface area contributed by atoms with Crippen LogP contribution in [0.1, 0.15) is 31.1 Å². The predicted molar refractivity (Wildman–Crippen MR) is 81.0 cm³/mol. The Kier molecular flexibility index (Phi) is 5.20. The van der Waals surface area contributed by atoms with Gasteiger partial charge in [-0.1, -0.05) is 0 Å². The van der Waals surface area contributed by atoms with Gasteiger partial charge in [0.25, 0.3) is 10.0 Å². The first-order valence-corrected chi connectivity index (χ1v) is 9.16. The Labute approximate surface area is 133 Å². The average Bonchev–Trinajstić information content (AvgIpc) is 2.94. The highest BCUT2D eigenvalue weighted by Crippen LogP contribution is 2.29. The minimum atomic E-state index is -3.82. The second-order valence-electron chi connectivity index (χ2n) is 5.10. The molecule has 2 rings (SSSR count). The summed E-state index contributed by atoms with van der Waals surface area (Å²) in [5, 5.41) is 11.8. The molecule has 1 atom stereocenters. The quantitative estimate of drug-likeness (QED) is 0.828. The van der Waals surface area contributed by atoms with Crippen molar-refractivity contribution < 1.29 is 23.1 Å². The fourth-order valence-corrected chi connectivity index (χ4v) is 5.43. The van der Waals surface area contributed by atoms with Crippen molar-refractivity contribution in [3.8, 4) is 0 Å². The third kappa shape index (κ3) is 3.65. The number of nitrogens with zero attached hydrogens (tertiary/aromatic N) is 1. The second-order valence-corrected chi connectivity index (χ2v) is 8.38. The molecule has 0 saturated carbocycles. The zero-order valence-electron chi connectivity index (χ0n) is 12.1. The van der Waals surface area contributed by atoms with Crippen molar-refractivity contribution in [2.75, 3.05) is 6.54 Å². The van der Waals surface area contributed by atoms with Crippen LogP contribution in [0.5, 0.6) is 0 Å². The van der Waals surface area contributed by atoms with Crippen LogP contribution < -0.4 is 5.32 Å². The Bertz CT molecular complexity index is 668. The van der Waals surface area contributed by atoms with E-state index >= 15 is 0 Å². The van der Waals surface area contributed by atoms with Gasteiger partial charge in [-0.05, 0) is 31.4 Å². The fourth-order valence-electron chi connectivity index (χ4n) is 2.36. The van der Waals surface area contributed by atoms with E-state index in [4.69, 9.17) is 0 Å². The minimum absolute atomic E-state index is 0.112. The summed E-state index contributed by atoms with van der Waals surface area (Å²) in [6.45, 7) is 1.87. The van der Waals surface area contributed by atoms with Gasteiger partial charge in [-0.25, -0.2) is 8.42 Å². The maximum Gasteiger partial charge on any atom is 0.322 e. The summed E-state index contributed by atoms with van der Waals surface area (Å²) >= 11 is 1.05. The van der Waals surface area contributed by atoms with Crippen LogP contribution in [0, 0.1) is 0 Å². The largest absolute Gasteiger partial charge is 0.480 e. The van der Waals surface area contributed by atoms with Crippen molar-refractivity contribution in [2.45, 2.75) is 43.0 Å². The van der Waals surface area contributed by atoms with Crippen molar-refractivity contribution in [3.05, 3.63) is 17.0 Å². The van der Waals surface area contributed by atoms with E-state index in [1.54, 1.807) is 6.07 Å².